The highest BCUT2D eigenvalue weighted by Gasteiger charge is 2.22. The Bertz CT molecular complexity index is 261. The van der Waals surface area contributed by atoms with E-state index in [2.05, 4.69) is 17.1 Å². The Balaban J connectivity index is 2.33. The monoisotopic (exact) mass is 271 g/mol. The van der Waals surface area contributed by atoms with Gasteiger partial charge >= 0.3 is 6.03 Å². The molecule has 5 nitrogen and oxygen atoms in total. The van der Waals surface area contributed by atoms with Gasteiger partial charge in [0.25, 0.3) is 0 Å². The molecule has 1 saturated heterocycles. The minimum atomic E-state index is -0.0879. The van der Waals surface area contributed by atoms with Gasteiger partial charge in [-0.25, -0.2) is 4.79 Å². The van der Waals surface area contributed by atoms with Gasteiger partial charge in [0.05, 0.1) is 6.61 Å². The average Bonchev–Trinajstić information content (AvgIpc) is 2.43. The molecule has 0 radical (unpaired) electrons. The minimum Gasteiger partial charge on any atom is -0.395 e. The van der Waals surface area contributed by atoms with E-state index < -0.39 is 0 Å². The van der Waals surface area contributed by atoms with Crippen molar-refractivity contribution in [2.24, 2.45) is 0 Å². The number of amides is 2. The lowest BCUT2D eigenvalue weighted by Gasteiger charge is -2.36. The molecule has 0 saturated carbocycles. The molecule has 1 aliphatic rings. The van der Waals surface area contributed by atoms with Gasteiger partial charge in [-0.15, -0.1) is 0 Å². The van der Waals surface area contributed by atoms with Crippen LogP contribution >= 0.6 is 0 Å². The predicted octanol–water partition coefficient (Wildman–Crippen LogP) is 1.27. The number of nitrogens with zero attached hydrogens (tertiary/aromatic N) is 2. The molecule has 0 aromatic rings. The van der Waals surface area contributed by atoms with Gasteiger partial charge in [0.15, 0.2) is 0 Å². The zero-order valence-corrected chi connectivity index (χ0v) is 12.4. The van der Waals surface area contributed by atoms with Gasteiger partial charge in [0, 0.05) is 26.2 Å². The van der Waals surface area contributed by atoms with E-state index >= 15 is 0 Å². The maximum atomic E-state index is 11.8. The third kappa shape index (κ3) is 5.78. The summed E-state index contributed by atoms with van der Waals surface area (Å²) in [7, 11) is 1.71. The Labute approximate surface area is 117 Å². The topological polar surface area (TPSA) is 55.8 Å². The zero-order chi connectivity index (χ0) is 14.1. The van der Waals surface area contributed by atoms with Crippen LogP contribution in [0.15, 0.2) is 0 Å². The van der Waals surface area contributed by atoms with Crippen LogP contribution in [0.3, 0.4) is 0 Å². The van der Waals surface area contributed by atoms with E-state index in [9.17, 15) is 4.79 Å². The summed E-state index contributed by atoms with van der Waals surface area (Å²) in [5.74, 6) is 0. The summed E-state index contributed by atoms with van der Waals surface area (Å²) in [6.07, 6.45) is 6.16. The molecule has 0 bridgehead atoms. The van der Waals surface area contributed by atoms with E-state index in [0.29, 0.717) is 12.6 Å². The molecule has 0 aliphatic carbocycles. The first-order valence-corrected chi connectivity index (χ1v) is 7.53. The molecule has 2 N–H and O–H groups in total. The minimum absolute atomic E-state index is 0.00989. The van der Waals surface area contributed by atoms with Crippen LogP contribution < -0.4 is 5.32 Å². The van der Waals surface area contributed by atoms with Crippen molar-refractivity contribution < 1.29 is 9.90 Å². The summed E-state index contributed by atoms with van der Waals surface area (Å²) >= 11 is 0. The Morgan fingerprint density at radius 2 is 2.26 bits per heavy atom. The number of likely N-dealkylation sites (N-methyl/N-ethyl adjacent to an activating group) is 1. The Morgan fingerprint density at radius 3 is 2.95 bits per heavy atom. The van der Waals surface area contributed by atoms with E-state index in [-0.39, 0.29) is 12.6 Å². The Hall–Kier alpha value is -0.810. The molecule has 0 aromatic heterocycles. The zero-order valence-electron chi connectivity index (χ0n) is 12.4. The number of likely N-dealkylation sites (tertiary alicyclic amines) is 1. The van der Waals surface area contributed by atoms with Gasteiger partial charge in [-0.3, -0.25) is 4.90 Å². The maximum Gasteiger partial charge on any atom is 0.317 e. The molecule has 0 aromatic carbocycles. The van der Waals surface area contributed by atoms with Crippen LogP contribution in [0.4, 0.5) is 4.79 Å². The lowest BCUT2D eigenvalue weighted by atomic mass is 10.0. The van der Waals surface area contributed by atoms with Crippen LogP contribution in [0.2, 0.25) is 0 Å². The predicted molar refractivity (Wildman–Crippen MR) is 77.2 cm³/mol. The molecular weight excluding hydrogens is 242 g/mol. The number of carbonyl (C=O) groups is 1. The number of urea groups is 1. The average molecular weight is 271 g/mol. The first kappa shape index (κ1) is 16.2. The summed E-state index contributed by atoms with van der Waals surface area (Å²) < 4.78 is 0. The van der Waals surface area contributed by atoms with Crippen molar-refractivity contribution in [2.45, 2.75) is 45.1 Å². The molecule has 1 fully saturated rings. The lowest BCUT2D eigenvalue weighted by molar-refractivity contribution is 0.139. The second kappa shape index (κ2) is 9.15. The molecule has 1 aliphatic heterocycles. The second-order valence-electron chi connectivity index (χ2n) is 5.37. The summed E-state index contributed by atoms with van der Waals surface area (Å²) in [5, 5.41) is 11.8. The van der Waals surface area contributed by atoms with E-state index in [4.69, 9.17) is 5.11 Å². The van der Waals surface area contributed by atoms with E-state index in [1.54, 1.807) is 7.05 Å². The maximum absolute atomic E-state index is 11.8. The number of nitrogens with one attached hydrogen (secondary N) is 1. The van der Waals surface area contributed by atoms with Crippen molar-refractivity contribution in [1.82, 2.24) is 15.1 Å². The van der Waals surface area contributed by atoms with Crippen molar-refractivity contribution in [1.29, 1.82) is 0 Å². The van der Waals surface area contributed by atoms with Crippen LogP contribution in [0.5, 0.6) is 0 Å². The molecule has 1 rings (SSSR count). The summed E-state index contributed by atoms with van der Waals surface area (Å²) in [6, 6.07) is 0.391. The molecule has 1 atom stereocenters. The molecule has 1 heterocycles. The lowest BCUT2D eigenvalue weighted by Crippen LogP contribution is -2.49. The highest BCUT2D eigenvalue weighted by molar-refractivity contribution is 5.73. The van der Waals surface area contributed by atoms with E-state index in [1.165, 1.54) is 37.0 Å². The second-order valence-corrected chi connectivity index (χ2v) is 5.37. The Kier molecular flexibility index (Phi) is 7.82. The molecular formula is C14H29N3O2. The van der Waals surface area contributed by atoms with Crippen molar-refractivity contribution in [2.75, 3.05) is 39.8 Å². The smallest absolute Gasteiger partial charge is 0.317 e. The van der Waals surface area contributed by atoms with Crippen LogP contribution in [0.1, 0.15) is 39.0 Å². The highest BCUT2D eigenvalue weighted by Crippen LogP contribution is 2.17. The largest absolute Gasteiger partial charge is 0.395 e. The number of piperidine rings is 1. The fourth-order valence-corrected chi connectivity index (χ4v) is 2.54. The van der Waals surface area contributed by atoms with Crippen molar-refractivity contribution in [3.8, 4) is 0 Å². The third-order valence-electron chi connectivity index (χ3n) is 3.82. The van der Waals surface area contributed by atoms with Crippen molar-refractivity contribution in [3.63, 3.8) is 0 Å². The summed E-state index contributed by atoms with van der Waals surface area (Å²) in [4.78, 5) is 15.8. The SMILES string of the molecule is CCCCN1CCCCC1CNC(=O)N(C)CCO. The first-order valence-electron chi connectivity index (χ1n) is 7.53. The van der Waals surface area contributed by atoms with Crippen molar-refractivity contribution >= 4 is 6.03 Å². The Morgan fingerprint density at radius 1 is 1.47 bits per heavy atom. The van der Waals surface area contributed by atoms with Crippen molar-refractivity contribution in [3.05, 3.63) is 0 Å². The fraction of sp³-hybridized carbons (Fsp3) is 0.929. The quantitative estimate of drug-likeness (QED) is 0.733. The molecule has 112 valence electrons. The number of carbonyl (C=O) groups excluding carboxylic acids is 1. The normalized spacial score (nSPS) is 20.3. The summed E-state index contributed by atoms with van der Waals surface area (Å²) in [6.45, 7) is 5.63. The molecule has 2 amide bonds. The highest BCUT2D eigenvalue weighted by atomic mass is 16.3. The van der Waals surface area contributed by atoms with Crippen LogP contribution in [-0.2, 0) is 0 Å². The number of aliphatic hydroxyl groups is 1. The van der Waals surface area contributed by atoms with Gasteiger partial charge in [-0.2, -0.15) is 0 Å². The van der Waals surface area contributed by atoms with E-state index in [1.807, 2.05) is 0 Å². The van der Waals surface area contributed by atoms with Crippen LogP contribution in [0, 0.1) is 0 Å². The number of hydrogen-bond donors (Lipinski definition) is 2. The van der Waals surface area contributed by atoms with Gasteiger partial charge in [-0.1, -0.05) is 19.8 Å². The summed E-state index contributed by atoms with van der Waals surface area (Å²) in [5.41, 5.74) is 0. The van der Waals surface area contributed by atoms with Crippen LogP contribution in [-0.4, -0.2) is 66.8 Å². The molecule has 0 spiro atoms. The van der Waals surface area contributed by atoms with E-state index in [0.717, 1.165) is 19.6 Å². The number of rotatable bonds is 7. The van der Waals surface area contributed by atoms with Gasteiger partial charge in [-0.05, 0) is 32.4 Å². The van der Waals surface area contributed by atoms with Gasteiger partial charge in [0.1, 0.15) is 0 Å². The number of hydrogen-bond acceptors (Lipinski definition) is 3. The van der Waals surface area contributed by atoms with Gasteiger partial charge in [0.2, 0.25) is 0 Å². The number of unbranched alkanes of at least 4 members (excludes halogenated alkanes) is 1. The fourth-order valence-electron chi connectivity index (χ4n) is 2.54. The third-order valence-corrected chi connectivity index (χ3v) is 3.82. The van der Waals surface area contributed by atoms with Crippen LogP contribution in [0.25, 0.3) is 0 Å². The molecule has 5 heteroatoms. The molecule has 19 heavy (non-hydrogen) atoms. The standard InChI is InChI=1S/C14H29N3O2/c1-3-4-8-17-9-6-5-7-13(17)12-15-14(19)16(2)10-11-18/h13,18H,3-12H2,1-2H3,(H,15,19). The number of aliphatic hydroxyl groups excluding tert-OH is 1. The first-order chi connectivity index (χ1) is 9.19. The molecule has 1 unspecified atom stereocenters. The van der Waals surface area contributed by atoms with Gasteiger partial charge < -0.3 is 15.3 Å².